The van der Waals surface area contributed by atoms with Gasteiger partial charge < -0.3 is 20.3 Å². The quantitative estimate of drug-likeness (QED) is 0.720. The van der Waals surface area contributed by atoms with Gasteiger partial charge in [0.1, 0.15) is 11.4 Å². The van der Waals surface area contributed by atoms with Crippen LogP contribution in [0.4, 0.5) is 5.82 Å². The molecule has 0 unspecified atom stereocenters. The lowest BCUT2D eigenvalue weighted by molar-refractivity contribution is -0.0339. The number of halogens is 1. The largest absolute Gasteiger partial charge is 0.507 e. The molecule has 2 fully saturated rings. The summed E-state index contributed by atoms with van der Waals surface area (Å²) >= 11 is 6.01. The highest BCUT2D eigenvalue weighted by molar-refractivity contribution is 6.30. The molecule has 1 aromatic carbocycles. The number of hydrogen-bond donors (Lipinski definition) is 3. The summed E-state index contributed by atoms with van der Waals surface area (Å²) in [4.78, 5) is 0. The molecule has 1 aromatic heterocycles. The number of aromatic hydroxyl groups is 1. The summed E-state index contributed by atoms with van der Waals surface area (Å²) in [7, 11) is 0. The third kappa shape index (κ3) is 3.04. The lowest BCUT2D eigenvalue weighted by Crippen LogP contribution is -2.33. The van der Waals surface area contributed by atoms with Crippen molar-refractivity contribution < 1.29 is 14.9 Å². The fraction of sp³-hybridized carbons (Fsp3) is 0.524. The molecular weight excluding hydrogens is 378 g/mol. The molecule has 0 radical (unpaired) electrons. The van der Waals surface area contributed by atoms with E-state index in [0.29, 0.717) is 22.1 Å². The topological polar surface area (TPSA) is 87.5 Å². The number of ether oxygens (including phenoxy) is 1. The zero-order valence-electron chi connectivity index (χ0n) is 15.8. The normalized spacial score (nSPS) is 27.6. The van der Waals surface area contributed by atoms with Crippen molar-refractivity contribution in [2.24, 2.45) is 0 Å². The second-order valence-corrected chi connectivity index (χ2v) is 8.76. The molecule has 0 amide bonds. The molecule has 2 aromatic rings. The Labute approximate surface area is 168 Å². The van der Waals surface area contributed by atoms with Crippen LogP contribution < -0.4 is 5.32 Å². The third-order valence-corrected chi connectivity index (χ3v) is 6.51. The summed E-state index contributed by atoms with van der Waals surface area (Å²) in [5, 5.41) is 33.5. The van der Waals surface area contributed by atoms with Gasteiger partial charge in [0.05, 0.1) is 23.9 Å². The van der Waals surface area contributed by atoms with Gasteiger partial charge in [-0.1, -0.05) is 11.6 Å². The summed E-state index contributed by atoms with van der Waals surface area (Å²) in [5.41, 5.74) is 3.25. The Hall–Kier alpha value is -1.89. The first-order chi connectivity index (χ1) is 13.5. The first kappa shape index (κ1) is 18.2. The monoisotopic (exact) mass is 401 g/mol. The number of anilines is 1. The van der Waals surface area contributed by atoms with Gasteiger partial charge in [0.2, 0.25) is 0 Å². The van der Waals surface area contributed by atoms with Crippen molar-refractivity contribution in [1.82, 2.24) is 10.2 Å². The van der Waals surface area contributed by atoms with E-state index in [1.54, 1.807) is 12.1 Å². The van der Waals surface area contributed by atoms with Crippen LogP contribution in [-0.2, 0) is 11.2 Å². The van der Waals surface area contributed by atoms with Crippen molar-refractivity contribution in [3.63, 3.8) is 0 Å². The molecule has 2 aliphatic carbocycles. The zero-order chi connectivity index (χ0) is 19.5. The minimum atomic E-state index is -0.368. The predicted octanol–water partition coefficient (Wildman–Crippen LogP) is 3.99. The molecule has 2 heterocycles. The molecule has 1 aliphatic heterocycles. The van der Waals surface area contributed by atoms with Crippen LogP contribution >= 0.6 is 11.6 Å². The maximum Gasteiger partial charge on any atom is 0.155 e. The standard InChI is InChI=1S/C21H24ClN3O3/c1-11-18-14(10-21(28-11)7-8-21)19(13-6-5-12(22)9-17(13)27)24-25-20(18)23-15-3-2-4-16(15)26/h5-6,9,11,15-16,26-27H,2-4,7-8,10H2,1H3,(H,23,25)/t11-,15+,16+/m0/s1. The third-order valence-electron chi connectivity index (χ3n) is 6.27. The van der Waals surface area contributed by atoms with E-state index in [0.717, 1.165) is 49.7 Å². The molecule has 3 atom stereocenters. The van der Waals surface area contributed by atoms with E-state index in [2.05, 4.69) is 15.5 Å². The average molecular weight is 402 g/mol. The molecule has 2 saturated carbocycles. The van der Waals surface area contributed by atoms with Crippen molar-refractivity contribution in [1.29, 1.82) is 0 Å². The molecular formula is C21H24ClN3O3. The molecule has 148 valence electrons. The van der Waals surface area contributed by atoms with Gasteiger partial charge in [-0.25, -0.2) is 0 Å². The number of benzene rings is 1. The number of fused-ring (bicyclic) bond motifs is 1. The Morgan fingerprint density at radius 1 is 1.25 bits per heavy atom. The Kier molecular flexibility index (Phi) is 4.27. The van der Waals surface area contributed by atoms with E-state index >= 15 is 0 Å². The highest BCUT2D eigenvalue weighted by Gasteiger charge is 2.50. The summed E-state index contributed by atoms with van der Waals surface area (Å²) in [5.74, 6) is 0.779. The van der Waals surface area contributed by atoms with E-state index in [1.807, 2.05) is 6.92 Å². The molecule has 0 bridgehead atoms. The number of nitrogens with zero attached hydrogens (tertiary/aromatic N) is 2. The van der Waals surface area contributed by atoms with E-state index in [4.69, 9.17) is 16.3 Å². The molecule has 5 rings (SSSR count). The van der Waals surface area contributed by atoms with Crippen LogP contribution in [0.1, 0.15) is 56.3 Å². The first-order valence-electron chi connectivity index (χ1n) is 9.96. The van der Waals surface area contributed by atoms with Crippen LogP contribution in [0.25, 0.3) is 11.3 Å². The second-order valence-electron chi connectivity index (χ2n) is 8.32. The number of nitrogens with one attached hydrogen (secondary N) is 1. The lowest BCUT2D eigenvalue weighted by atomic mass is 9.90. The van der Waals surface area contributed by atoms with Crippen LogP contribution in [0.2, 0.25) is 5.02 Å². The molecule has 0 saturated heterocycles. The Morgan fingerprint density at radius 3 is 2.75 bits per heavy atom. The van der Waals surface area contributed by atoms with Crippen molar-refractivity contribution >= 4 is 17.4 Å². The van der Waals surface area contributed by atoms with Crippen LogP contribution in [0.5, 0.6) is 5.75 Å². The van der Waals surface area contributed by atoms with Crippen LogP contribution in [-0.4, -0.2) is 38.2 Å². The highest BCUT2D eigenvalue weighted by Crippen LogP contribution is 2.53. The Morgan fingerprint density at radius 2 is 2.07 bits per heavy atom. The summed E-state index contributed by atoms with van der Waals surface area (Å²) < 4.78 is 6.33. The summed E-state index contributed by atoms with van der Waals surface area (Å²) in [6, 6.07) is 5.05. The fourth-order valence-corrected chi connectivity index (χ4v) is 4.81. The lowest BCUT2D eigenvalue weighted by Gasteiger charge is -2.33. The van der Waals surface area contributed by atoms with Gasteiger partial charge in [0.15, 0.2) is 5.82 Å². The molecule has 7 heteroatoms. The van der Waals surface area contributed by atoms with Gasteiger partial charge >= 0.3 is 0 Å². The number of aliphatic hydroxyl groups is 1. The van der Waals surface area contributed by atoms with Crippen molar-refractivity contribution in [3.05, 3.63) is 34.3 Å². The van der Waals surface area contributed by atoms with Gasteiger partial charge in [-0.2, -0.15) is 0 Å². The van der Waals surface area contributed by atoms with Gasteiger partial charge in [0, 0.05) is 22.6 Å². The summed E-state index contributed by atoms with van der Waals surface area (Å²) in [6.45, 7) is 2.04. The second kappa shape index (κ2) is 6.58. The van der Waals surface area contributed by atoms with E-state index in [-0.39, 0.29) is 29.6 Å². The van der Waals surface area contributed by atoms with Crippen LogP contribution in [0.15, 0.2) is 18.2 Å². The van der Waals surface area contributed by atoms with Gasteiger partial charge in [-0.15, -0.1) is 10.2 Å². The number of phenols is 1. The molecule has 6 nitrogen and oxygen atoms in total. The van der Waals surface area contributed by atoms with E-state index in [9.17, 15) is 10.2 Å². The van der Waals surface area contributed by atoms with E-state index in [1.165, 1.54) is 6.07 Å². The number of rotatable bonds is 3. The SMILES string of the molecule is C[C@@H]1OC2(CC2)Cc2c(-c3ccc(Cl)cc3O)nnc(N[C@@H]3CCC[C@H]3O)c21. The van der Waals surface area contributed by atoms with Crippen molar-refractivity contribution in [2.45, 2.75) is 69.3 Å². The minimum Gasteiger partial charge on any atom is -0.507 e. The van der Waals surface area contributed by atoms with Gasteiger partial charge in [-0.05, 0) is 62.8 Å². The molecule has 1 spiro atoms. The minimum absolute atomic E-state index is 0.0165. The highest BCUT2D eigenvalue weighted by atomic mass is 35.5. The first-order valence-corrected chi connectivity index (χ1v) is 10.3. The average Bonchev–Trinajstić information content (AvgIpc) is 3.26. The van der Waals surface area contributed by atoms with Crippen LogP contribution in [0, 0.1) is 0 Å². The van der Waals surface area contributed by atoms with E-state index < -0.39 is 0 Å². The Bertz CT molecular complexity index is 931. The van der Waals surface area contributed by atoms with Gasteiger partial charge in [-0.3, -0.25) is 0 Å². The number of phenolic OH excluding ortho intramolecular Hbond substituents is 1. The maximum absolute atomic E-state index is 10.5. The molecule has 3 aliphatic rings. The summed E-state index contributed by atoms with van der Waals surface area (Å²) in [6.07, 6.45) is 5.05. The van der Waals surface area contributed by atoms with Crippen LogP contribution in [0.3, 0.4) is 0 Å². The van der Waals surface area contributed by atoms with Crippen molar-refractivity contribution in [3.8, 4) is 17.0 Å². The fourth-order valence-electron chi connectivity index (χ4n) is 4.65. The number of aromatic nitrogens is 2. The molecule has 28 heavy (non-hydrogen) atoms. The Balaban J connectivity index is 1.62. The zero-order valence-corrected chi connectivity index (χ0v) is 16.5. The number of aliphatic hydroxyl groups excluding tert-OH is 1. The van der Waals surface area contributed by atoms with Gasteiger partial charge in [0.25, 0.3) is 0 Å². The predicted molar refractivity (Wildman–Crippen MR) is 107 cm³/mol. The molecule has 3 N–H and O–H groups in total. The smallest absolute Gasteiger partial charge is 0.155 e. The number of hydrogen-bond acceptors (Lipinski definition) is 6. The maximum atomic E-state index is 10.5. The van der Waals surface area contributed by atoms with Crippen molar-refractivity contribution in [2.75, 3.05) is 5.32 Å².